The molecule has 0 aliphatic heterocycles. The number of alkyl halides is 3. The largest absolute Gasteiger partial charge is 0.573 e. The fraction of sp³-hybridized carbons (Fsp3) is 0.250. The number of aryl methyl sites for hydroxylation is 1. The molecule has 0 spiro atoms. The topological polar surface area (TPSA) is 53.1 Å². The van der Waals surface area contributed by atoms with Gasteiger partial charge in [0.2, 0.25) is 0 Å². The quantitative estimate of drug-likeness (QED) is 0.933. The van der Waals surface area contributed by atoms with Gasteiger partial charge in [-0.3, -0.25) is 0 Å². The van der Waals surface area contributed by atoms with Gasteiger partial charge < -0.3 is 10.5 Å². The Morgan fingerprint density at radius 2 is 2.00 bits per heavy atom. The summed E-state index contributed by atoms with van der Waals surface area (Å²) in [6.45, 7) is 1.89. The molecule has 0 fully saturated rings. The Hall–Kier alpha value is -2.18. The Bertz CT molecular complexity index is 578. The predicted octanol–water partition coefficient (Wildman–Crippen LogP) is 2.72. The molecule has 0 saturated carbocycles. The molecule has 0 unspecified atom stereocenters. The predicted molar refractivity (Wildman–Crippen MR) is 63.6 cm³/mol. The number of aromatic nitrogens is 2. The zero-order chi connectivity index (χ0) is 14.0. The third-order valence-corrected chi connectivity index (χ3v) is 2.59. The van der Waals surface area contributed by atoms with Crippen molar-refractivity contribution in [2.24, 2.45) is 0 Å². The summed E-state index contributed by atoms with van der Waals surface area (Å²) in [4.78, 5) is 0. The SMILES string of the molecule is Cc1cnn(Cc2ccccc2OC(F)(F)F)c1N. The summed E-state index contributed by atoms with van der Waals surface area (Å²) >= 11 is 0. The number of ether oxygens (including phenoxy) is 1. The fourth-order valence-corrected chi connectivity index (χ4v) is 1.63. The summed E-state index contributed by atoms with van der Waals surface area (Å²) in [6, 6.07) is 5.90. The lowest BCUT2D eigenvalue weighted by molar-refractivity contribution is -0.274. The molecule has 102 valence electrons. The number of rotatable bonds is 3. The normalized spacial score (nSPS) is 11.6. The summed E-state index contributed by atoms with van der Waals surface area (Å²) in [5.41, 5.74) is 6.89. The van der Waals surface area contributed by atoms with E-state index in [0.29, 0.717) is 11.4 Å². The highest BCUT2D eigenvalue weighted by Crippen LogP contribution is 2.27. The summed E-state index contributed by atoms with van der Waals surface area (Å²) in [7, 11) is 0. The van der Waals surface area contributed by atoms with Gasteiger partial charge in [0.15, 0.2) is 0 Å². The van der Waals surface area contributed by atoms with Crippen LogP contribution in [-0.2, 0) is 6.54 Å². The van der Waals surface area contributed by atoms with Gasteiger partial charge in [-0.15, -0.1) is 13.2 Å². The van der Waals surface area contributed by atoms with E-state index in [0.717, 1.165) is 5.56 Å². The number of halogens is 3. The number of hydrogen-bond acceptors (Lipinski definition) is 3. The Kier molecular flexibility index (Phi) is 3.37. The van der Waals surface area contributed by atoms with Crippen LogP contribution in [-0.4, -0.2) is 16.1 Å². The minimum Gasteiger partial charge on any atom is -0.405 e. The van der Waals surface area contributed by atoms with Gasteiger partial charge in [0.25, 0.3) is 0 Å². The zero-order valence-electron chi connectivity index (χ0n) is 10.1. The Labute approximate surface area is 107 Å². The van der Waals surface area contributed by atoms with Crippen molar-refractivity contribution in [3.05, 3.63) is 41.6 Å². The van der Waals surface area contributed by atoms with E-state index in [2.05, 4.69) is 9.84 Å². The number of para-hydroxylation sites is 1. The van der Waals surface area contributed by atoms with Crippen LogP contribution in [0.2, 0.25) is 0 Å². The molecule has 2 rings (SSSR count). The Balaban J connectivity index is 2.28. The van der Waals surface area contributed by atoms with E-state index in [1.54, 1.807) is 19.2 Å². The second-order valence-electron chi connectivity index (χ2n) is 4.03. The van der Waals surface area contributed by atoms with E-state index in [1.807, 2.05) is 0 Å². The number of anilines is 1. The molecule has 0 radical (unpaired) electrons. The molecular formula is C12H12F3N3O. The van der Waals surface area contributed by atoms with E-state index >= 15 is 0 Å². The molecule has 0 atom stereocenters. The van der Waals surface area contributed by atoms with Crippen LogP contribution in [0.25, 0.3) is 0 Å². The van der Waals surface area contributed by atoms with E-state index in [-0.39, 0.29) is 12.3 Å². The van der Waals surface area contributed by atoms with Crippen LogP contribution in [0.15, 0.2) is 30.5 Å². The number of nitrogens with two attached hydrogens (primary N) is 1. The summed E-state index contributed by atoms with van der Waals surface area (Å²) in [6.07, 6.45) is -3.16. The Morgan fingerprint density at radius 1 is 1.32 bits per heavy atom. The minimum atomic E-state index is -4.72. The van der Waals surface area contributed by atoms with E-state index in [9.17, 15) is 13.2 Å². The highest BCUT2D eigenvalue weighted by Gasteiger charge is 2.32. The zero-order valence-corrected chi connectivity index (χ0v) is 10.1. The highest BCUT2D eigenvalue weighted by molar-refractivity contribution is 5.40. The van der Waals surface area contributed by atoms with Gasteiger partial charge in [0.05, 0.1) is 12.7 Å². The van der Waals surface area contributed by atoms with Gasteiger partial charge in [-0.1, -0.05) is 18.2 Å². The van der Waals surface area contributed by atoms with Crippen molar-refractivity contribution >= 4 is 5.82 Å². The second kappa shape index (κ2) is 4.83. The summed E-state index contributed by atoms with van der Waals surface area (Å²) in [5.74, 6) is 0.171. The summed E-state index contributed by atoms with van der Waals surface area (Å²) < 4.78 is 42.2. The monoisotopic (exact) mass is 271 g/mol. The van der Waals surface area contributed by atoms with Crippen molar-refractivity contribution in [2.45, 2.75) is 19.8 Å². The van der Waals surface area contributed by atoms with Gasteiger partial charge >= 0.3 is 6.36 Å². The molecular weight excluding hydrogens is 259 g/mol. The van der Waals surface area contributed by atoms with Gasteiger partial charge in [0, 0.05) is 11.1 Å². The molecule has 4 nitrogen and oxygen atoms in total. The standard InChI is InChI=1S/C12H12F3N3O/c1-8-6-17-18(11(8)16)7-9-4-2-3-5-10(9)19-12(13,14)15/h2-6H,7,16H2,1H3. The van der Waals surface area contributed by atoms with Crippen molar-refractivity contribution in [2.75, 3.05) is 5.73 Å². The lowest BCUT2D eigenvalue weighted by atomic mass is 10.2. The molecule has 0 bridgehead atoms. The number of hydrogen-bond donors (Lipinski definition) is 1. The maximum Gasteiger partial charge on any atom is 0.573 e. The average molecular weight is 271 g/mol. The van der Waals surface area contributed by atoms with E-state index in [4.69, 9.17) is 5.73 Å². The first-order valence-corrected chi connectivity index (χ1v) is 5.48. The fourth-order valence-electron chi connectivity index (χ4n) is 1.63. The maximum absolute atomic E-state index is 12.3. The molecule has 19 heavy (non-hydrogen) atoms. The van der Waals surface area contributed by atoms with Crippen molar-refractivity contribution in [3.63, 3.8) is 0 Å². The van der Waals surface area contributed by atoms with Gasteiger partial charge in [-0.25, -0.2) is 4.68 Å². The molecule has 0 saturated heterocycles. The second-order valence-corrected chi connectivity index (χ2v) is 4.03. The van der Waals surface area contributed by atoms with Crippen LogP contribution >= 0.6 is 0 Å². The van der Waals surface area contributed by atoms with E-state index in [1.165, 1.54) is 22.9 Å². The first-order valence-electron chi connectivity index (χ1n) is 5.48. The molecule has 7 heteroatoms. The maximum atomic E-state index is 12.3. The number of nitrogens with zero attached hydrogens (tertiary/aromatic N) is 2. The molecule has 0 aliphatic rings. The smallest absolute Gasteiger partial charge is 0.405 e. The first kappa shape index (κ1) is 13.3. The molecule has 1 aromatic heterocycles. The van der Waals surface area contributed by atoms with Crippen LogP contribution in [0.5, 0.6) is 5.75 Å². The van der Waals surface area contributed by atoms with Gasteiger partial charge in [0.1, 0.15) is 11.6 Å². The van der Waals surface area contributed by atoms with Crippen LogP contribution in [0, 0.1) is 6.92 Å². The van der Waals surface area contributed by atoms with Crippen molar-refractivity contribution in [3.8, 4) is 5.75 Å². The molecule has 1 aromatic carbocycles. The average Bonchev–Trinajstić information content (AvgIpc) is 2.62. The van der Waals surface area contributed by atoms with Crippen molar-refractivity contribution in [1.82, 2.24) is 9.78 Å². The van der Waals surface area contributed by atoms with Crippen molar-refractivity contribution < 1.29 is 17.9 Å². The third kappa shape index (κ3) is 3.18. The van der Waals surface area contributed by atoms with Crippen LogP contribution in [0.4, 0.5) is 19.0 Å². The van der Waals surface area contributed by atoms with Crippen LogP contribution in [0.3, 0.4) is 0 Å². The lowest BCUT2D eigenvalue weighted by Gasteiger charge is -2.13. The Morgan fingerprint density at radius 3 is 2.58 bits per heavy atom. The van der Waals surface area contributed by atoms with Crippen LogP contribution in [0.1, 0.15) is 11.1 Å². The minimum absolute atomic E-state index is 0.117. The van der Waals surface area contributed by atoms with Gasteiger partial charge in [-0.05, 0) is 13.0 Å². The molecule has 1 heterocycles. The first-order chi connectivity index (χ1) is 8.87. The summed E-state index contributed by atoms with van der Waals surface area (Å²) in [5, 5.41) is 4.00. The van der Waals surface area contributed by atoms with Crippen molar-refractivity contribution in [1.29, 1.82) is 0 Å². The molecule has 0 aliphatic carbocycles. The van der Waals surface area contributed by atoms with Crippen LogP contribution < -0.4 is 10.5 Å². The lowest BCUT2D eigenvalue weighted by Crippen LogP contribution is -2.18. The number of benzene rings is 1. The molecule has 2 aromatic rings. The third-order valence-electron chi connectivity index (χ3n) is 2.59. The molecule has 0 amide bonds. The highest BCUT2D eigenvalue weighted by atomic mass is 19.4. The number of nitrogen functional groups attached to an aromatic ring is 1. The van der Waals surface area contributed by atoms with E-state index < -0.39 is 6.36 Å². The van der Waals surface area contributed by atoms with Gasteiger partial charge in [-0.2, -0.15) is 5.10 Å². The molecule has 2 N–H and O–H groups in total.